The maximum absolute atomic E-state index is 2.79. The lowest BCUT2D eigenvalue weighted by atomic mass is 9.71. The third-order valence-electron chi connectivity index (χ3n) is 6.67. The second-order valence-corrected chi connectivity index (χ2v) is 9.30. The van der Waals surface area contributed by atoms with Gasteiger partial charge in [-0.2, -0.15) is 0 Å². The summed E-state index contributed by atoms with van der Waals surface area (Å²) in [6.45, 7) is 16.2. The summed E-state index contributed by atoms with van der Waals surface area (Å²) in [5.74, 6) is 4.87. The minimum atomic E-state index is 0.895. The largest absolute Gasteiger partial charge is 0.301 e. The Kier molecular flexibility index (Phi) is 5.50. The van der Waals surface area contributed by atoms with Gasteiger partial charge in [-0.3, -0.25) is 4.90 Å². The molecular weight excluding hydrogens is 268 g/mol. The Morgan fingerprint density at radius 3 is 2.00 bits per heavy atom. The van der Waals surface area contributed by atoms with Crippen LogP contribution in [0.15, 0.2) is 0 Å². The van der Waals surface area contributed by atoms with Crippen LogP contribution in [0, 0.1) is 29.6 Å². The second kappa shape index (κ2) is 7.21. The molecule has 0 amide bonds. The summed E-state index contributed by atoms with van der Waals surface area (Å²) in [6.07, 6.45) is 7.42. The zero-order valence-corrected chi connectivity index (χ0v) is 15.4. The Morgan fingerprint density at radius 1 is 0.818 bits per heavy atom. The summed E-state index contributed by atoms with van der Waals surface area (Å²) in [5.41, 5.74) is 0. The molecule has 2 aliphatic carbocycles. The fourth-order valence-corrected chi connectivity index (χ4v) is 5.03. The monoisotopic (exact) mass is 306 g/mol. The van der Waals surface area contributed by atoms with Crippen LogP contribution in [0.1, 0.15) is 59.8 Å². The molecule has 0 bridgehead atoms. The van der Waals surface area contributed by atoms with Gasteiger partial charge in [0.15, 0.2) is 0 Å². The summed E-state index contributed by atoms with van der Waals surface area (Å²) >= 11 is 0. The topological polar surface area (TPSA) is 6.48 Å². The van der Waals surface area contributed by atoms with Crippen LogP contribution in [0.2, 0.25) is 0 Å². The van der Waals surface area contributed by atoms with E-state index in [-0.39, 0.29) is 0 Å². The Hall–Kier alpha value is -0.0800. The van der Waals surface area contributed by atoms with E-state index in [1.165, 1.54) is 64.8 Å². The van der Waals surface area contributed by atoms with Gasteiger partial charge in [-0.15, -0.1) is 0 Å². The third-order valence-corrected chi connectivity index (χ3v) is 6.67. The molecule has 3 fully saturated rings. The van der Waals surface area contributed by atoms with E-state index in [0.29, 0.717) is 0 Å². The highest BCUT2D eigenvalue weighted by Gasteiger charge is 2.37. The van der Waals surface area contributed by atoms with Gasteiger partial charge in [0.25, 0.3) is 0 Å². The van der Waals surface area contributed by atoms with E-state index in [1.807, 2.05) is 0 Å². The van der Waals surface area contributed by atoms with Crippen molar-refractivity contribution in [2.75, 3.05) is 32.7 Å². The van der Waals surface area contributed by atoms with Crippen LogP contribution in [0.5, 0.6) is 0 Å². The van der Waals surface area contributed by atoms with Gasteiger partial charge >= 0.3 is 0 Å². The summed E-state index contributed by atoms with van der Waals surface area (Å²) in [7, 11) is 0. The van der Waals surface area contributed by atoms with Crippen LogP contribution < -0.4 is 0 Å². The van der Waals surface area contributed by atoms with E-state index >= 15 is 0 Å². The highest BCUT2D eigenvalue weighted by molar-refractivity contribution is 4.91. The Morgan fingerprint density at radius 2 is 1.45 bits per heavy atom. The van der Waals surface area contributed by atoms with Crippen LogP contribution >= 0.6 is 0 Å². The molecule has 0 N–H and O–H groups in total. The van der Waals surface area contributed by atoms with Gasteiger partial charge in [0.1, 0.15) is 0 Å². The van der Waals surface area contributed by atoms with Crippen molar-refractivity contribution in [2.24, 2.45) is 29.6 Å². The minimum absolute atomic E-state index is 0.895. The molecule has 22 heavy (non-hydrogen) atoms. The lowest BCUT2D eigenvalue weighted by molar-refractivity contribution is 0.00800. The van der Waals surface area contributed by atoms with Crippen molar-refractivity contribution in [3.63, 3.8) is 0 Å². The first kappa shape index (κ1) is 16.8. The van der Waals surface area contributed by atoms with Crippen molar-refractivity contribution < 1.29 is 0 Å². The molecule has 0 spiro atoms. The van der Waals surface area contributed by atoms with E-state index in [0.717, 1.165) is 35.6 Å². The summed E-state index contributed by atoms with van der Waals surface area (Å²) in [5, 5.41) is 0. The van der Waals surface area contributed by atoms with Crippen molar-refractivity contribution in [1.82, 2.24) is 9.80 Å². The zero-order chi connectivity index (χ0) is 15.7. The van der Waals surface area contributed by atoms with Crippen molar-refractivity contribution in [2.45, 2.75) is 65.8 Å². The molecule has 0 unspecified atom stereocenters. The molecule has 0 aromatic rings. The predicted molar refractivity (Wildman–Crippen MR) is 95.0 cm³/mol. The Balaban J connectivity index is 1.29. The van der Waals surface area contributed by atoms with Gasteiger partial charge in [-0.1, -0.05) is 27.7 Å². The molecule has 128 valence electrons. The normalized spacial score (nSPS) is 37.4. The quantitative estimate of drug-likeness (QED) is 0.728. The average Bonchev–Trinajstić information content (AvgIpc) is 2.35. The molecule has 0 radical (unpaired) electrons. The van der Waals surface area contributed by atoms with Gasteiger partial charge in [0.05, 0.1) is 0 Å². The first-order valence-corrected chi connectivity index (χ1v) is 9.97. The number of hydrogen-bond donors (Lipinski definition) is 0. The van der Waals surface area contributed by atoms with Crippen LogP contribution in [0.3, 0.4) is 0 Å². The number of hydrogen-bond acceptors (Lipinski definition) is 2. The van der Waals surface area contributed by atoms with E-state index in [2.05, 4.69) is 37.5 Å². The summed E-state index contributed by atoms with van der Waals surface area (Å²) in [4.78, 5) is 5.54. The summed E-state index contributed by atoms with van der Waals surface area (Å²) < 4.78 is 0. The van der Waals surface area contributed by atoms with E-state index in [4.69, 9.17) is 0 Å². The highest BCUT2D eigenvalue weighted by Crippen LogP contribution is 2.39. The second-order valence-electron chi connectivity index (χ2n) is 9.30. The molecule has 0 aromatic carbocycles. The fourth-order valence-electron chi connectivity index (χ4n) is 5.03. The maximum Gasteiger partial charge on any atom is 0.0113 e. The molecule has 1 saturated heterocycles. The lowest BCUT2D eigenvalue weighted by Gasteiger charge is -2.48. The van der Waals surface area contributed by atoms with Gasteiger partial charge < -0.3 is 4.90 Å². The third kappa shape index (κ3) is 4.06. The SMILES string of the molecule is CC(C)CC1CC(CN2CCN(C3CC(C(C)C)C3)CC2)C1. The fraction of sp³-hybridized carbons (Fsp3) is 1.00. The highest BCUT2D eigenvalue weighted by atomic mass is 15.3. The first-order valence-electron chi connectivity index (χ1n) is 9.97. The Bertz CT molecular complexity index is 332. The van der Waals surface area contributed by atoms with E-state index < -0.39 is 0 Å². The number of rotatable bonds is 6. The van der Waals surface area contributed by atoms with Gasteiger partial charge in [0.2, 0.25) is 0 Å². The molecule has 1 heterocycles. The smallest absolute Gasteiger partial charge is 0.0113 e. The van der Waals surface area contributed by atoms with Crippen molar-refractivity contribution in [3.8, 4) is 0 Å². The molecule has 2 heteroatoms. The van der Waals surface area contributed by atoms with Gasteiger partial charge in [-0.25, -0.2) is 0 Å². The van der Waals surface area contributed by atoms with Crippen molar-refractivity contribution in [3.05, 3.63) is 0 Å². The van der Waals surface area contributed by atoms with Crippen LogP contribution in [0.25, 0.3) is 0 Å². The maximum atomic E-state index is 2.79. The minimum Gasteiger partial charge on any atom is -0.301 e. The van der Waals surface area contributed by atoms with Crippen LogP contribution in [-0.4, -0.2) is 48.6 Å². The molecule has 1 aliphatic heterocycles. The van der Waals surface area contributed by atoms with Gasteiger partial charge in [0, 0.05) is 38.8 Å². The molecular formula is C20H38N2. The standard InChI is InChI=1S/C20H38N2/c1-15(2)9-17-10-18(11-17)14-21-5-7-22(8-6-21)20-12-19(13-20)16(3)4/h15-20H,5-14H2,1-4H3. The van der Waals surface area contributed by atoms with E-state index in [1.54, 1.807) is 0 Å². The molecule has 3 aliphatic rings. The summed E-state index contributed by atoms with van der Waals surface area (Å²) in [6, 6.07) is 0.925. The average molecular weight is 307 g/mol. The molecule has 2 nitrogen and oxygen atoms in total. The molecule has 0 aromatic heterocycles. The number of piperazine rings is 1. The zero-order valence-electron chi connectivity index (χ0n) is 15.4. The lowest BCUT2D eigenvalue weighted by Crippen LogP contribution is -2.55. The van der Waals surface area contributed by atoms with Crippen molar-refractivity contribution >= 4 is 0 Å². The van der Waals surface area contributed by atoms with Crippen LogP contribution in [0.4, 0.5) is 0 Å². The Labute approximate surface area is 138 Å². The van der Waals surface area contributed by atoms with E-state index in [9.17, 15) is 0 Å². The predicted octanol–water partition coefficient (Wildman–Crippen LogP) is 4.11. The molecule has 3 rings (SSSR count). The van der Waals surface area contributed by atoms with Crippen molar-refractivity contribution in [1.29, 1.82) is 0 Å². The van der Waals surface area contributed by atoms with Crippen LogP contribution in [-0.2, 0) is 0 Å². The van der Waals surface area contributed by atoms with Gasteiger partial charge in [-0.05, 0) is 61.7 Å². The number of nitrogens with zero attached hydrogens (tertiary/aromatic N) is 2. The molecule has 2 saturated carbocycles. The molecule has 0 atom stereocenters. The first-order chi connectivity index (χ1) is 10.5.